The Labute approximate surface area is 106 Å². The van der Waals surface area contributed by atoms with Gasteiger partial charge in [-0.15, -0.1) is 0 Å². The van der Waals surface area contributed by atoms with Crippen molar-refractivity contribution >= 4 is 5.91 Å². The molecule has 1 aromatic rings. The van der Waals surface area contributed by atoms with Gasteiger partial charge in [0, 0.05) is 12.2 Å². The van der Waals surface area contributed by atoms with Gasteiger partial charge in [0.15, 0.2) is 5.69 Å². The van der Waals surface area contributed by atoms with Crippen LogP contribution in [0.25, 0.3) is 0 Å². The van der Waals surface area contributed by atoms with Crippen LogP contribution in [-0.4, -0.2) is 28.6 Å². The zero-order valence-electron chi connectivity index (χ0n) is 10.3. The fourth-order valence-electron chi connectivity index (χ4n) is 2.49. The van der Waals surface area contributed by atoms with E-state index in [-0.39, 0.29) is 23.4 Å². The second kappa shape index (κ2) is 5.82. The molecule has 2 unspecified atom stereocenters. The van der Waals surface area contributed by atoms with E-state index in [1.54, 1.807) is 6.07 Å². The van der Waals surface area contributed by atoms with Crippen LogP contribution >= 0.6 is 0 Å². The maximum atomic E-state index is 12.0. The molecule has 1 saturated carbocycles. The smallest absolute Gasteiger partial charge is 0.273 e. The number of carbonyl (C=O) groups excluding carboxylic acids is 1. The van der Waals surface area contributed by atoms with Crippen LogP contribution < -0.4 is 11.1 Å². The summed E-state index contributed by atoms with van der Waals surface area (Å²) in [5, 5.41) is 12.5. The molecule has 1 heterocycles. The number of aromatic hydroxyl groups is 1. The van der Waals surface area contributed by atoms with Gasteiger partial charge in [-0.05, 0) is 37.4 Å². The van der Waals surface area contributed by atoms with Crippen LogP contribution in [0.2, 0.25) is 0 Å². The Morgan fingerprint density at radius 2 is 2.28 bits per heavy atom. The first kappa shape index (κ1) is 12.8. The predicted molar refractivity (Wildman–Crippen MR) is 68.2 cm³/mol. The minimum absolute atomic E-state index is 0.0823. The molecule has 2 rings (SSSR count). The summed E-state index contributed by atoms with van der Waals surface area (Å²) in [6, 6.07) is 3.15. The molecule has 1 fully saturated rings. The van der Waals surface area contributed by atoms with Crippen LogP contribution in [0.3, 0.4) is 0 Å². The Bertz CT molecular complexity index is 422. The Balaban J connectivity index is 2.04. The predicted octanol–water partition coefficient (Wildman–Crippen LogP) is 1.03. The van der Waals surface area contributed by atoms with Crippen LogP contribution in [0.5, 0.6) is 5.75 Å². The summed E-state index contributed by atoms with van der Waals surface area (Å²) in [6.07, 6.45) is 5.77. The third-order valence-corrected chi connectivity index (χ3v) is 3.53. The van der Waals surface area contributed by atoms with Crippen LogP contribution in [-0.2, 0) is 0 Å². The van der Waals surface area contributed by atoms with Gasteiger partial charge in [0.2, 0.25) is 0 Å². The molecule has 0 saturated heterocycles. The number of pyridine rings is 1. The Morgan fingerprint density at radius 3 is 3.00 bits per heavy atom. The maximum absolute atomic E-state index is 12.0. The van der Waals surface area contributed by atoms with Gasteiger partial charge >= 0.3 is 0 Å². The van der Waals surface area contributed by atoms with Gasteiger partial charge in [-0.2, -0.15) is 0 Å². The molecule has 0 radical (unpaired) electrons. The lowest BCUT2D eigenvalue weighted by molar-refractivity contribution is 0.0900. The number of nitrogens with zero attached hydrogens (tertiary/aromatic N) is 1. The van der Waals surface area contributed by atoms with E-state index in [9.17, 15) is 9.90 Å². The number of nitrogens with two attached hydrogens (primary N) is 1. The highest BCUT2D eigenvalue weighted by Crippen LogP contribution is 2.24. The van der Waals surface area contributed by atoms with Gasteiger partial charge in [0.1, 0.15) is 5.75 Å². The largest absolute Gasteiger partial charge is 0.505 e. The number of hydrogen-bond donors (Lipinski definition) is 3. The molecule has 98 valence electrons. The third-order valence-electron chi connectivity index (χ3n) is 3.53. The van der Waals surface area contributed by atoms with Gasteiger partial charge in [0.05, 0.1) is 0 Å². The molecule has 0 bridgehead atoms. The minimum Gasteiger partial charge on any atom is -0.505 e. The first-order valence-electron chi connectivity index (χ1n) is 6.37. The van der Waals surface area contributed by atoms with Gasteiger partial charge in [0.25, 0.3) is 5.91 Å². The highest BCUT2D eigenvalue weighted by molar-refractivity contribution is 5.94. The van der Waals surface area contributed by atoms with Crippen LogP contribution in [0.15, 0.2) is 18.3 Å². The third kappa shape index (κ3) is 2.79. The molecular weight excluding hydrogens is 230 g/mol. The van der Waals surface area contributed by atoms with Crippen molar-refractivity contribution in [2.75, 3.05) is 6.54 Å². The zero-order valence-corrected chi connectivity index (χ0v) is 10.3. The highest BCUT2D eigenvalue weighted by Gasteiger charge is 2.26. The number of amides is 1. The summed E-state index contributed by atoms with van der Waals surface area (Å²) in [5.41, 5.74) is 5.80. The second-order valence-electron chi connectivity index (χ2n) is 4.73. The summed E-state index contributed by atoms with van der Waals surface area (Å²) < 4.78 is 0. The summed E-state index contributed by atoms with van der Waals surface area (Å²) in [6.45, 7) is 0.582. The van der Waals surface area contributed by atoms with E-state index in [1.165, 1.54) is 18.7 Å². The van der Waals surface area contributed by atoms with Crippen molar-refractivity contribution in [3.63, 3.8) is 0 Å². The summed E-state index contributed by atoms with van der Waals surface area (Å²) in [5.74, 6) is -0.0814. The molecule has 0 aliphatic heterocycles. The van der Waals surface area contributed by atoms with Crippen molar-refractivity contribution in [2.24, 2.45) is 11.7 Å². The van der Waals surface area contributed by atoms with Gasteiger partial charge in [-0.25, -0.2) is 4.98 Å². The van der Waals surface area contributed by atoms with E-state index in [2.05, 4.69) is 10.3 Å². The second-order valence-corrected chi connectivity index (χ2v) is 4.73. The maximum Gasteiger partial charge on any atom is 0.273 e. The molecule has 18 heavy (non-hydrogen) atoms. The van der Waals surface area contributed by atoms with Crippen molar-refractivity contribution in [1.82, 2.24) is 10.3 Å². The van der Waals surface area contributed by atoms with Crippen molar-refractivity contribution in [3.05, 3.63) is 24.0 Å². The zero-order chi connectivity index (χ0) is 13.0. The standard InChI is InChI=1S/C13H19N3O2/c14-8-9-4-1-2-5-10(9)16-13(18)12-11(17)6-3-7-15-12/h3,6-7,9-10,17H,1-2,4-5,8,14H2,(H,16,18). The average Bonchev–Trinajstić information content (AvgIpc) is 2.39. The van der Waals surface area contributed by atoms with E-state index < -0.39 is 0 Å². The van der Waals surface area contributed by atoms with Crippen molar-refractivity contribution in [3.8, 4) is 5.75 Å². The Hall–Kier alpha value is -1.62. The van der Waals surface area contributed by atoms with Crippen LogP contribution in [0, 0.1) is 5.92 Å². The summed E-state index contributed by atoms with van der Waals surface area (Å²) in [4.78, 5) is 15.9. The minimum atomic E-state index is -0.321. The van der Waals surface area contributed by atoms with E-state index in [0.29, 0.717) is 12.5 Å². The lowest BCUT2D eigenvalue weighted by atomic mass is 9.84. The van der Waals surface area contributed by atoms with E-state index in [0.717, 1.165) is 19.3 Å². The molecular formula is C13H19N3O2. The first-order valence-corrected chi connectivity index (χ1v) is 6.37. The molecule has 2 atom stereocenters. The normalized spacial score (nSPS) is 23.6. The Morgan fingerprint density at radius 1 is 1.50 bits per heavy atom. The lowest BCUT2D eigenvalue weighted by Gasteiger charge is -2.31. The quantitative estimate of drug-likeness (QED) is 0.746. The lowest BCUT2D eigenvalue weighted by Crippen LogP contribution is -2.44. The molecule has 0 spiro atoms. The number of hydrogen-bond acceptors (Lipinski definition) is 4. The fraction of sp³-hybridized carbons (Fsp3) is 0.538. The van der Waals surface area contributed by atoms with Crippen LogP contribution in [0.4, 0.5) is 0 Å². The van der Waals surface area contributed by atoms with Crippen molar-refractivity contribution in [1.29, 1.82) is 0 Å². The van der Waals surface area contributed by atoms with Crippen molar-refractivity contribution in [2.45, 2.75) is 31.7 Å². The van der Waals surface area contributed by atoms with E-state index >= 15 is 0 Å². The van der Waals surface area contributed by atoms with Gasteiger partial charge in [-0.3, -0.25) is 4.79 Å². The summed E-state index contributed by atoms with van der Waals surface area (Å²) in [7, 11) is 0. The van der Waals surface area contributed by atoms with E-state index in [1.807, 2.05) is 0 Å². The number of aromatic nitrogens is 1. The first-order chi connectivity index (χ1) is 8.72. The average molecular weight is 249 g/mol. The molecule has 4 N–H and O–H groups in total. The molecule has 1 aliphatic carbocycles. The van der Waals surface area contributed by atoms with Crippen LogP contribution in [0.1, 0.15) is 36.2 Å². The molecule has 5 heteroatoms. The van der Waals surface area contributed by atoms with Gasteiger partial charge < -0.3 is 16.2 Å². The molecule has 0 aromatic carbocycles. The summed E-state index contributed by atoms with van der Waals surface area (Å²) >= 11 is 0. The van der Waals surface area contributed by atoms with E-state index in [4.69, 9.17) is 5.73 Å². The number of carbonyl (C=O) groups is 1. The molecule has 1 amide bonds. The fourth-order valence-corrected chi connectivity index (χ4v) is 2.49. The molecule has 1 aromatic heterocycles. The van der Waals surface area contributed by atoms with Crippen molar-refractivity contribution < 1.29 is 9.90 Å². The highest BCUT2D eigenvalue weighted by atomic mass is 16.3. The number of rotatable bonds is 3. The molecule has 5 nitrogen and oxygen atoms in total. The topological polar surface area (TPSA) is 88.2 Å². The SMILES string of the molecule is NCC1CCCCC1NC(=O)c1ncccc1O. The Kier molecular flexibility index (Phi) is 4.15. The molecule has 1 aliphatic rings. The monoisotopic (exact) mass is 249 g/mol. The number of nitrogens with one attached hydrogen (secondary N) is 1. The van der Waals surface area contributed by atoms with Gasteiger partial charge in [-0.1, -0.05) is 12.8 Å².